The Morgan fingerprint density at radius 3 is 2.27 bits per heavy atom. The predicted octanol–water partition coefficient (Wildman–Crippen LogP) is 1.55. The van der Waals surface area contributed by atoms with E-state index >= 15 is 0 Å². The van der Waals surface area contributed by atoms with Gasteiger partial charge in [0.2, 0.25) is 5.91 Å². The molecule has 9 nitrogen and oxygen atoms in total. The van der Waals surface area contributed by atoms with Crippen molar-refractivity contribution >= 4 is 17.7 Å². The maximum Gasteiger partial charge on any atom is 0.294 e. The molecule has 0 saturated carbocycles. The summed E-state index contributed by atoms with van der Waals surface area (Å²) in [5.41, 5.74) is 5.49. The van der Waals surface area contributed by atoms with Gasteiger partial charge in [-0.15, -0.1) is 0 Å². The number of aromatic nitrogens is 2. The molecule has 0 aliphatic carbocycles. The Balaban J connectivity index is 1.41. The Hall–Kier alpha value is -4.14. The van der Waals surface area contributed by atoms with Crippen molar-refractivity contribution in [1.82, 2.24) is 25.9 Å². The van der Waals surface area contributed by atoms with Gasteiger partial charge in [0.1, 0.15) is 0 Å². The Morgan fingerprint density at radius 2 is 1.57 bits per heavy atom. The van der Waals surface area contributed by atoms with Crippen LogP contribution in [0.5, 0.6) is 5.75 Å². The van der Waals surface area contributed by atoms with E-state index < -0.39 is 11.8 Å². The minimum Gasteiger partial charge on any atom is -0.504 e. The second-order valence-corrected chi connectivity index (χ2v) is 6.37. The van der Waals surface area contributed by atoms with E-state index in [9.17, 15) is 19.5 Å². The summed E-state index contributed by atoms with van der Waals surface area (Å²) in [4.78, 5) is 35.9. The summed E-state index contributed by atoms with van der Waals surface area (Å²) in [6, 6.07) is 17.7. The Bertz CT molecular complexity index is 1020. The molecule has 0 fully saturated rings. The van der Waals surface area contributed by atoms with Gasteiger partial charge in [0, 0.05) is 18.5 Å². The fraction of sp³-hybridized carbons (Fsp3) is 0.143. The third kappa shape index (κ3) is 5.44. The Kier molecular flexibility index (Phi) is 6.78. The summed E-state index contributed by atoms with van der Waals surface area (Å²) in [6.45, 7) is 0.317. The van der Waals surface area contributed by atoms with Crippen LogP contribution in [0.3, 0.4) is 0 Å². The van der Waals surface area contributed by atoms with Crippen LogP contribution in [-0.4, -0.2) is 39.2 Å². The molecule has 30 heavy (non-hydrogen) atoms. The molecule has 1 heterocycles. The number of carbonyl (C=O) groups excluding carboxylic acids is 3. The van der Waals surface area contributed by atoms with E-state index in [0.717, 1.165) is 0 Å². The molecule has 0 unspecified atom stereocenters. The average Bonchev–Trinajstić information content (AvgIpc) is 3.18. The highest BCUT2D eigenvalue weighted by atomic mass is 16.3. The molecule has 3 amide bonds. The summed E-state index contributed by atoms with van der Waals surface area (Å²) in [5.74, 6) is -1.70. The van der Waals surface area contributed by atoms with Crippen LogP contribution in [0.2, 0.25) is 0 Å². The van der Waals surface area contributed by atoms with Crippen molar-refractivity contribution in [3.05, 3.63) is 78.1 Å². The van der Waals surface area contributed by atoms with Crippen LogP contribution in [0.4, 0.5) is 0 Å². The summed E-state index contributed by atoms with van der Waals surface area (Å²) in [6.07, 6.45) is 1.80. The van der Waals surface area contributed by atoms with Crippen molar-refractivity contribution in [1.29, 1.82) is 0 Å². The molecule has 0 aliphatic heterocycles. The van der Waals surface area contributed by atoms with Gasteiger partial charge in [-0.3, -0.25) is 25.2 Å². The van der Waals surface area contributed by atoms with Gasteiger partial charge in [0.05, 0.1) is 11.9 Å². The fourth-order valence-electron chi connectivity index (χ4n) is 2.63. The van der Waals surface area contributed by atoms with E-state index in [0.29, 0.717) is 24.2 Å². The summed E-state index contributed by atoms with van der Waals surface area (Å²) < 4.78 is 1.36. The first-order chi connectivity index (χ1) is 14.5. The van der Waals surface area contributed by atoms with Crippen molar-refractivity contribution in [2.24, 2.45) is 0 Å². The highest BCUT2D eigenvalue weighted by Crippen LogP contribution is 2.17. The first-order valence-corrected chi connectivity index (χ1v) is 9.31. The summed E-state index contributed by atoms with van der Waals surface area (Å²) in [7, 11) is 0. The maximum atomic E-state index is 12.2. The highest BCUT2D eigenvalue weighted by molar-refractivity contribution is 5.96. The fourth-order valence-corrected chi connectivity index (χ4v) is 2.63. The molecule has 4 N–H and O–H groups in total. The molecular weight excluding hydrogens is 386 g/mol. The number of hydrogen-bond donors (Lipinski definition) is 4. The van der Waals surface area contributed by atoms with Gasteiger partial charge in [-0.1, -0.05) is 36.4 Å². The van der Waals surface area contributed by atoms with Gasteiger partial charge < -0.3 is 10.4 Å². The number of hydrogen-bond acceptors (Lipinski definition) is 5. The van der Waals surface area contributed by atoms with E-state index in [1.807, 2.05) is 12.1 Å². The molecule has 0 aliphatic rings. The van der Waals surface area contributed by atoms with Crippen LogP contribution in [-0.2, 0) is 4.79 Å². The van der Waals surface area contributed by atoms with Gasteiger partial charge >= 0.3 is 0 Å². The van der Waals surface area contributed by atoms with Crippen LogP contribution in [0.25, 0.3) is 5.69 Å². The van der Waals surface area contributed by atoms with E-state index in [1.165, 1.54) is 10.9 Å². The zero-order valence-corrected chi connectivity index (χ0v) is 16.0. The number of amides is 3. The van der Waals surface area contributed by atoms with Crippen molar-refractivity contribution in [2.75, 3.05) is 6.54 Å². The molecule has 0 atom stereocenters. The summed E-state index contributed by atoms with van der Waals surface area (Å²) in [5, 5.41) is 16.7. The lowest BCUT2D eigenvalue weighted by Crippen LogP contribution is -2.42. The molecule has 3 rings (SSSR count). The van der Waals surface area contributed by atoms with Crippen LogP contribution in [0.1, 0.15) is 33.7 Å². The number of nitrogens with one attached hydrogen (secondary N) is 3. The van der Waals surface area contributed by atoms with Gasteiger partial charge in [-0.25, -0.2) is 4.68 Å². The van der Waals surface area contributed by atoms with Crippen molar-refractivity contribution in [2.45, 2.75) is 12.8 Å². The Morgan fingerprint density at radius 1 is 0.900 bits per heavy atom. The van der Waals surface area contributed by atoms with Gasteiger partial charge in [-0.05, 0) is 30.7 Å². The van der Waals surface area contributed by atoms with Gasteiger partial charge in [-0.2, -0.15) is 5.10 Å². The normalized spacial score (nSPS) is 10.3. The van der Waals surface area contributed by atoms with Crippen LogP contribution >= 0.6 is 0 Å². The average molecular weight is 407 g/mol. The minimum absolute atomic E-state index is 0.0970. The number of carbonyl (C=O) groups is 3. The van der Waals surface area contributed by atoms with Crippen molar-refractivity contribution in [3.8, 4) is 11.4 Å². The topological polar surface area (TPSA) is 125 Å². The number of benzene rings is 2. The zero-order chi connectivity index (χ0) is 21.3. The number of para-hydroxylation sites is 1. The maximum absolute atomic E-state index is 12.2. The highest BCUT2D eigenvalue weighted by Gasteiger charge is 2.17. The minimum atomic E-state index is -0.743. The zero-order valence-electron chi connectivity index (χ0n) is 16.0. The van der Waals surface area contributed by atoms with Crippen LogP contribution < -0.4 is 16.2 Å². The van der Waals surface area contributed by atoms with E-state index in [1.54, 1.807) is 48.5 Å². The van der Waals surface area contributed by atoms with Crippen molar-refractivity contribution in [3.63, 3.8) is 0 Å². The largest absolute Gasteiger partial charge is 0.504 e. The van der Waals surface area contributed by atoms with Crippen LogP contribution in [0, 0.1) is 0 Å². The molecule has 1 aromatic heterocycles. The lowest BCUT2D eigenvalue weighted by atomic mass is 10.2. The number of aromatic hydroxyl groups is 1. The third-order valence-electron chi connectivity index (χ3n) is 4.15. The quantitative estimate of drug-likeness (QED) is 0.349. The van der Waals surface area contributed by atoms with E-state index in [4.69, 9.17) is 0 Å². The summed E-state index contributed by atoms with van der Waals surface area (Å²) >= 11 is 0. The molecule has 0 bridgehead atoms. The molecule has 154 valence electrons. The molecule has 0 spiro atoms. The number of hydrazine groups is 1. The second-order valence-electron chi connectivity index (χ2n) is 6.37. The first-order valence-electron chi connectivity index (χ1n) is 9.31. The smallest absolute Gasteiger partial charge is 0.294 e. The third-order valence-corrected chi connectivity index (χ3v) is 4.15. The standard InChI is InChI=1S/C21H21N5O4/c27-17-14-26(16-10-5-2-6-11-16)25-19(17)21(30)24-23-18(28)12-7-13-22-20(29)15-8-3-1-4-9-15/h1-6,8-11,14,27H,7,12-13H2,(H,22,29)(H,23,28)(H,24,30). The molecule has 0 saturated heterocycles. The molecular formula is C21H21N5O4. The van der Waals surface area contributed by atoms with Crippen LogP contribution in [0.15, 0.2) is 66.9 Å². The lowest BCUT2D eigenvalue weighted by molar-refractivity contribution is -0.121. The van der Waals surface area contributed by atoms with E-state index in [-0.39, 0.29) is 23.8 Å². The second kappa shape index (κ2) is 9.87. The monoisotopic (exact) mass is 407 g/mol. The van der Waals surface area contributed by atoms with Crippen molar-refractivity contribution < 1.29 is 19.5 Å². The first kappa shape index (κ1) is 20.6. The molecule has 3 aromatic rings. The predicted molar refractivity (Wildman–Crippen MR) is 109 cm³/mol. The Labute approximate surface area is 172 Å². The van der Waals surface area contributed by atoms with Gasteiger partial charge in [0.25, 0.3) is 11.8 Å². The molecule has 2 aromatic carbocycles. The van der Waals surface area contributed by atoms with Gasteiger partial charge in [0.15, 0.2) is 11.4 Å². The number of nitrogens with zero attached hydrogens (tertiary/aromatic N) is 2. The SMILES string of the molecule is O=C(CCCNC(=O)c1ccccc1)NNC(=O)c1nn(-c2ccccc2)cc1O. The number of rotatable bonds is 7. The van der Waals surface area contributed by atoms with E-state index in [2.05, 4.69) is 21.3 Å². The lowest BCUT2D eigenvalue weighted by Gasteiger charge is -2.07. The molecule has 9 heteroatoms. The molecule has 0 radical (unpaired) electrons.